The SMILES string of the molecule is CCCNC(CCc1cccc(C)c1)Cc1cc(Br)cs1. The molecule has 2 aromatic rings. The number of rotatable bonds is 8. The Morgan fingerprint density at radius 3 is 2.81 bits per heavy atom. The third-order valence-corrected chi connectivity index (χ3v) is 5.34. The average molecular weight is 366 g/mol. The lowest BCUT2D eigenvalue weighted by atomic mass is 10.0. The van der Waals surface area contributed by atoms with Gasteiger partial charge in [0, 0.05) is 20.8 Å². The molecule has 0 bridgehead atoms. The standard InChI is InChI=1S/C18H24BrNS/c1-3-9-20-17(12-18-11-16(19)13-21-18)8-7-15-6-4-5-14(2)10-15/h4-6,10-11,13,17,20H,3,7-9,12H2,1-2H3. The highest BCUT2D eigenvalue weighted by Crippen LogP contribution is 2.22. The van der Waals surface area contributed by atoms with E-state index in [1.54, 1.807) is 0 Å². The molecule has 0 amide bonds. The Labute approximate surface area is 140 Å². The van der Waals surface area contributed by atoms with E-state index in [0.29, 0.717) is 6.04 Å². The van der Waals surface area contributed by atoms with Crippen molar-refractivity contribution in [2.45, 2.75) is 45.6 Å². The summed E-state index contributed by atoms with van der Waals surface area (Å²) < 4.78 is 1.20. The largest absolute Gasteiger partial charge is 0.314 e. The number of nitrogens with one attached hydrogen (secondary N) is 1. The number of hydrogen-bond donors (Lipinski definition) is 1. The van der Waals surface area contributed by atoms with Crippen LogP contribution in [0, 0.1) is 6.92 Å². The smallest absolute Gasteiger partial charge is 0.0285 e. The van der Waals surface area contributed by atoms with Crippen molar-refractivity contribution in [2.24, 2.45) is 0 Å². The van der Waals surface area contributed by atoms with E-state index in [4.69, 9.17) is 0 Å². The first-order valence-corrected chi connectivity index (χ1v) is 9.36. The quantitative estimate of drug-likeness (QED) is 0.663. The van der Waals surface area contributed by atoms with Crippen LogP contribution in [-0.2, 0) is 12.8 Å². The number of thiophene rings is 1. The molecule has 1 atom stereocenters. The second kappa shape index (κ2) is 8.72. The lowest BCUT2D eigenvalue weighted by molar-refractivity contribution is 0.480. The van der Waals surface area contributed by atoms with Gasteiger partial charge in [-0.05, 0) is 66.7 Å². The lowest BCUT2D eigenvalue weighted by Gasteiger charge is -2.18. The molecule has 0 fully saturated rings. The molecule has 1 nitrogen and oxygen atoms in total. The number of hydrogen-bond acceptors (Lipinski definition) is 2. The Morgan fingerprint density at radius 1 is 1.29 bits per heavy atom. The van der Waals surface area contributed by atoms with Crippen LogP contribution in [0.15, 0.2) is 40.2 Å². The van der Waals surface area contributed by atoms with Crippen molar-refractivity contribution in [1.82, 2.24) is 5.32 Å². The van der Waals surface area contributed by atoms with Gasteiger partial charge in [0.15, 0.2) is 0 Å². The van der Waals surface area contributed by atoms with E-state index in [1.807, 2.05) is 11.3 Å². The van der Waals surface area contributed by atoms with Gasteiger partial charge in [-0.15, -0.1) is 11.3 Å². The molecule has 1 aromatic heterocycles. The minimum absolute atomic E-state index is 0.566. The van der Waals surface area contributed by atoms with Crippen LogP contribution in [0.1, 0.15) is 35.8 Å². The Bertz CT molecular complexity index is 550. The van der Waals surface area contributed by atoms with E-state index in [1.165, 1.54) is 33.3 Å². The highest BCUT2D eigenvalue weighted by Gasteiger charge is 2.10. The molecule has 0 saturated heterocycles. The molecule has 0 aliphatic heterocycles. The highest BCUT2D eigenvalue weighted by molar-refractivity contribution is 9.10. The van der Waals surface area contributed by atoms with Gasteiger partial charge in [-0.1, -0.05) is 36.8 Å². The summed E-state index contributed by atoms with van der Waals surface area (Å²) in [6, 6.07) is 11.7. The van der Waals surface area contributed by atoms with Gasteiger partial charge in [-0.3, -0.25) is 0 Å². The molecule has 0 aliphatic carbocycles. The van der Waals surface area contributed by atoms with E-state index in [-0.39, 0.29) is 0 Å². The number of aryl methyl sites for hydroxylation is 2. The Morgan fingerprint density at radius 2 is 2.14 bits per heavy atom. The van der Waals surface area contributed by atoms with Gasteiger partial charge in [-0.2, -0.15) is 0 Å². The molecular formula is C18H24BrNS. The number of benzene rings is 1. The van der Waals surface area contributed by atoms with Crippen molar-refractivity contribution in [3.63, 3.8) is 0 Å². The van der Waals surface area contributed by atoms with Crippen LogP contribution < -0.4 is 5.32 Å². The van der Waals surface area contributed by atoms with Crippen molar-refractivity contribution in [3.05, 3.63) is 56.2 Å². The predicted octanol–water partition coefficient (Wildman–Crippen LogP) is 5.36. The summed E-state index contributed by atoms with van der Waals surface area (Å²) >= 11 is 5.40. The van der Waals surface area contributed by atoms with Crippen LogP contribution in [0.25, 0.3) is 0 Å². The van der Waals surface area contributed by atoms with Crippen LogP contribution in [0.4, 0.5) is 0 Å². The molecule has 3 heteroatoms. The molecule has 114 valence electrons. The van der Waals surface area contributed by atoms with Crippen molar-refractivity contribution >= 4 is 27.3 Å². The van der Waals surface area contributed by atoms with Crippen LogP contribution in [-0.4, -0.2) is 12.6 Å². The molecule has 1 aromatic carbocycles. The first kappa shape index (κ1) is 16.7. The van der Waals surface area contributed by atoms with Gasteiger partial charge < -0.3 is 5.32 Å². The summed E-state index contributed by atoms with van der Waals surface area (Å²) in [5.74, 6) is 0. The van der Waals surface area contributed by atoms with Gasteiger partial charge in [0.25, 0.3) is 0 Å². The highest BCUT2D eigenvalue weighted by atomic mass is 79.9. The molecule has 0 radical (unpaired) electrons. The fourth-order valence-electron chi connectivity index (χ4n) is 2.54. The van der Waals surface area contributed by atoms with Gasteiger partial charge in [0.1, 0.15) is 0 Å². The van der Waals surface area contributed by atoms with Crippen LogP contribution in [0.3, 0.4) is 0 Å². The number of halogens is 1. The lowest BCUT2D eigenvalue weighted by Crippen LogP contribution is -2.32. The maximum atomic E-state index is 3.70. The fourth-order valence-corrected chi connectivity index (χ4v) is 4.07. The summed E-state index contributed by atoms with van der Waals surface area (Å²) in [4.78, 5) is 1.46. The Hall–Kier alpha value is -0.640. The normalized spacial score (nSPS) is 12.5. The van der Waals surface area contributed by atoms with Gasteiger partial charge >= 0.3 is 0 Å². The van der Waals surface area contributed by atoms with E-state index in [2.05, 4.69) is 70.8 Å². The maximum Gasteiger partial charge on any atom is 0.0285 e. The zero-order chi connectivity index (χ0) is 15.1. The molecule has 1 unspecified atom stereocenters. The topological polar surface area (TPSA) is 12.0 Å². The molecule has 0 spiro atoms. The van der Waals surface area contributed by atoms with Crippen LogP contribution in [0.5, 0.6) is 0 Å². The van der Waals surface area contributed by atoms with Crippen molar-refractivity contribution < 1.29 is 0 Å². The minimum atomic E-state index is 0.566. The van der Waals surface area contributed by atoms with Crippen LogP contribution in [0.2, 0.25) is 0 Å². The zero-order valence-corrected chi connectivity index (χ0v) is 15.3. The minimum Gasteiger partial charge on any atom is -0.314 e. The summed E-state index contributed by atoms with van der Waals surface area (Å²) in [7, 11) is 0. The first-order chi connectivity index (χ1) is 10.2. The van der Waals surface area contributed by atoms with E-state index in [9.17, 15) is 0 Å². The molecule has 1 N–H and O–H groups in total. The third-order valence-electron chi connectivity index (χ3n) is 3.62. The monoisotopic (exact) mass is 365 g/mol. The average Bonchev–Trinajstić information content (AvgIpc) is 2.87. The fraction of sp³-hybridized carbons (Fsp3) is 0.444. The summed E-state index contributed by atoms with van der Waals surface area (Å²) in [6.07, 6.45) is 4.66. The molecule has 2 rings (SSSR count). The van der Waals surface area contributed by atoms with E-state index in [0.717, 1.165) is 19.4 Å². The molecule has 0 saturated carbocycles. The van der Waals surface area contributed by atoms with Gasteiger partial charge in [0.05, 0.1) is 0 Å². The predicted molar refractivity (Wildman–Crippen MR) is 97.3 cm³/mol. The third kappa shape index (κ3) is 5.93. The second-order valence-corrected chi connectivity index (χ2v) is 7.53. The molecule has 0 aliphatic rings. The van der Waals surface area contributed by atoms with E-state index < -0.39 is 0 Å². The van der Waals surface area contributed by atoms with Crippen molar-refractivity contribution in [2.75, 3.05) is 6.54 Å². The second-order valence-electron chi connectivity index (χ2n) is 5.61. The zero-order valence-electron chi connectivity index (χ0n) is 12.9. The molecule has 1 heterocycles. The van der Waals surface area contributed by atoms with Gasteiger partial charge in [-0.25, -0.2) is 0 Å². The summed E-state index contributed by atoms with van der Waals surface area (Å²) in [6.45, 7) is 5.50. The molecular weight excluding hydrogens is 342 g/mol. The molecule has 21 heavy (non-hydrogen) atoms. The van der Waals surface area contributed by atoms with Crippen LogP contribution >= 0.6 is 27.3 Å². The summed E-state index contributed by atoms with van der Waals surface area (Å²) in [5.41, 5.74) is 2.80. The van der Waals surface area contributed by atoms with Crippen molar-refractivity contribution in [3.8, 4) is 0 Å². The maximum absolute atomic E-state index is 3.70. The Balaban J connectivity index is 1.92. The first-order valence-electron chi connectivity index (χ1n) is 7.69. The van der Waals surface area contributed by atoms with E-state index >= 15 is 0 Å². The summed E-state index contributed by atoms with van der Waals surface area (Å²) in [5, 5.41) is 5.88. The Kier molecular flexibility index (Phi) is 6.94. The van der Waals surface area contributed by atoms with Crippen molar-refractivity contribution in [1.29, 1.82) is 0 Å². The van der Waals surface area contributed by atoms with Gasteiger partial charge in [0.2, 0.25) is 0 Å².